The standard InChI is InChI=1S/C32H40F2N4Te/c1-35(2)25-9-17-29(18-10-25)39(33,34,30-19-11-26(12-20-30)36(3)4,31-21-13-27(14-22-31)37(5)6)32-23-15-28(16-24-32)38(7)8/h9-24H,1-8H3. The van der Waals surface area contributed by atoms with Gasteiger partial charge in [0, 0.05) is 0 Å². The molecule has 0 saturated heterocycles. The fourth-order valence-corrected chi connectivity index (χ4v) is 18.2. The van der Waals surface area contributed by atoms with Gasteiger partial charge in [-0.15, -0.1) is 0 Å². The Hall–Kier alpha value is -3.27. The SMILES string of the molecule is CN(C)c1ccc([Te](F)(F)(c2ccc(N(C)C)cc2)(c2ccc(N(C)C)cc2)c2ccc(N(C)C)cc2)cc1. The van der Waals surface area contributed by atoms with Crippen LogP contribution in [0.2, 0.25) is 0 Å². The summed E-state index contributed by atoms with van der Waals surface area (Å²) in [7, 11) is 15.3. The minimum atomic E-state index is -7.85. The zero-order valence-electron chi connectivity index (χ0n) is 24.2. The fraction of sp³-hybridized carbons (Fsp3) is 0.250. The first-order chi connectivity index (χ1) is 18.2. The molecule has 0 aliphatic carbocycles. The predicted octanol–water partition coefficient (Wildman–Crippen LogP) is 4.17. The Kier molecular flexibility index (Phi) is 7.17. The molecule has 0 spiro atoms. The van der Waals surface area contributed by atoms with Gasteiger partial charge in [0.1, 0.15) is 0 Å². The van der Waals surface area contributed by atoms with Crippen LogP contribution in [0.4, 0.5) is 28.5 Å². The summed E-state index contributed by atoms with van der Waals surface area (Å²) in [6.45, 7) is 0. The van der Waals surface area contributed by atoms with Gasteiger partial charge in [-0.25, -0.2) is 0 Å². The van der Waals surface area contributed by atoms with Gasteiger partial charge in [0.25, 0.3) is 0 Å². The molecule has 0 aliphatic heterocycles. The molecule has 0 saturated carbocycles. The van der Waals surface area contributed by atoms with Crippen molar-refractivity contribution in [1.82, 2.24) is 0 Å². The van der Waals surface area contributed by atoms with Crippen molar-refractivity contribution < 1.29 is 5.78 Å². The van der Waals surface area contributed by atoms with Gasteiger partial charge in [-0.05, 0) is 0 Å². The number of rotatable bonds is 8. The first-order valence-corrected chi connectivity index (χ1v) is 19.3. The Labute approximate surface area is 231 Å². The second-order valence-electron chi connectivity index (χ2n) is 10.8. The molecule has 4 aromatic carbocycles. The van der Waals surface area contributed by atoms with Crippen LogP contribution in [-0.2, 0) is 0 Å². The van der Waals surface area contributed by atoms with E-state index in [4.69, 9.17) is 0 Å². The van der Waals surface area contributed by atoms with Crippen LogP contribution in [0.5, 0.6) is 0 Å². The van der Waals surface area contributed by atoms with E-state index in [0.717, 1.165) is 22.7 Å². The van der Waals surface area contributed by atoms with Gasteiger partial charge in [-0.2, -0.15) is 0 Å². The van der Waals surface area contributed by atoms with Gasteiger partial charge in [-0.3, -0.25) is 0 Å². The summed E-state index contributed by atoms with van der Waals surface area (Å²) in [6, 6.07) is 27.5. The van der Waals surface area contributed by atoms with Crippen LogP contribution < -0.4 is 34.0 Å². The molecule has 0 unspecified atom stereocenters. The molecule has 4 nitrogen and oxygen atoms in total. The zero-order valence-corrected chi connectivity index (χ0v) is 26.5. The third kappa shape index (κ3) is 4.33. The summed E-state index contributed by atoms with van der Waals surface area (Å²) in [6.07, 6.45) is 0. The van der Waals surface area contributed by atoms with E-state index in [1.807, 2.05) is 76.0 Å². The molecule has 0 aliphatic rings. The van der Waals surface area contributed by atoms with E-state index in [2.05, 4.69) is 0 Å². The molecule has 4 rings (SSSR count). The Morgan fingerprint density at radius 3 is 0.615 bits per heavy atom. The molecule has 0 amide bonds. The van der Waals surface area contributed by atoms with E-state index in [1.54, 1.807) is 97.1 Å². The van der Waals surface area contributed by atoms with Crippen LogP contribution in [-0.4, -0.2) is 73.0 Å². The average Bonchev–Trinajstić information content (AvgIpc) is 2.93. The van der Waals surface area contributed by atoms with Crippen molar-refractivity contribution in [2.75, 3.05) is 76.0 Å². The third-order valence-corrected chi connectivity index (χ3v) is 22.8. The topological polar surface area (TPSA) is 13.0 Å². The summed E-state index contributed by atoms with van der Waals surface area (Å²) in [5, 5.41) is 0. The zero-order chi connectivity index (χ0) is 28.7. The van der Waals surface area contributed by atoms with E-state index >= 15 is 5.78 Å². The molecular formula is C32H40F2N4Te. The van der Waals surface area contributed by atoms with Crippen LogP contribution in [0, 0.1) is 0 Å². The summed E-state index contributed by atoms with van der Waals surface area (Å²) in [5.74, 6) is 0. The molecule has 4 aromatic rings. The number of hydrogen-bond donors (Lipinski definition) is 0. The van der Waals surface area contributed by atoms with E-state index < -0.39 is 16.6 Å². The van der Waals surface area contributed by atoms with E-state index in [0.29, 0.717) is 0 Å². The average molecular weight is 646 g/mol. The molecule has 0 radical (unpaired) electrons. The van der Waals surface area contributed by atoms with Crippen molar-refractivity contribution in [1.29, 1.82) is 0 Å². The maximum atomic E-state index is 19.6. The monoisotopic (exact) mass is 648 g/mol. The Morgan fingerprint density at radius 1 is 0.333 bits per heavy atom. The van der Waals surface area contributed by atoms with Gasteiger partial charge in [0.05, 0.1) is 0 Å². The summed E-state index contributed by atoms with van der Waals surface area (Å²) < 4.78 is 39.5. The first kappa shape index (κ1) is 28.7. The van der Waals surface area contributed by atoms with Gasteiger partial charge in [-0.1, -0.05) is 0 Å². The number of benzene rings is 4. The quantitative estimate of drug-likeness (QED) is 0.267. The molecule has 0 N–H and O–H groups in total. The number of halogens is 2. The Morgan fingerprint density at radius 2 is 0.487 bits per heavy atom. The Balaban J connectivity index is 2.21. The molecule has 0 atom stereocenters. The summed E-state index contributed by atoms with van der Waals surface area (Å²) in [5.41, 5.74) is 3.49. The first-order valence-electron chi connectivity index (χ1n) is 12.9. The van der Waals surface area contributed by atoms with Crippen LogP contribution >= 0.6 is 0 Å². The van der Waals surface area contributed by atoms with Crippen molar-refractivity contribution in [3.63, 3.8) is 0 Å². The predicted molar refractivity (Wildman–Crippen MR) is 170 cm³/mol. The van der Waals surface area contributed by atoms with Crippen LogP contribution in [0.25, 0.3) is 0 Å². The minimum absolute atomic E-state index is 0.0650. The summed E-state index contributed by atoms with van der Waals surface area (Å²) in [4.78, 5) is 7.71. The summed E-state index contributed by atoms with van der Waals surface area (Å²) >= 11 is -7.85. The number of anilines is 4. The van der Waals surface area contributed by atoms with Crippen LogP contribution in [0.15, 0.2) is 97.1 Å². The second kappa shape index (κ2) is 9.73. The van der Waals surface area contributed by atoms with E-state index in [9.17, 15) is 0 Å². The van der Waals surface area contributed by atoms with Crippen molar-refractivity contribution in [3.8, 4) is 0 Å². The molecule has 7 heteroatoms. The van der Waals surface area contributed by atoms with Crippen LogP contribution in [0.1, 0.15) is 0 Å². The molecule has 0 aromatic heterocycles. The second-order valence-corrected chi connectivity index (χ2v) is 23.6. The van der Waals surface area contributed by atoms with Gasteiger partial charge in [0.15, 0.2) is 0 Å². The Bertz CT molecular complexity index is 1220. The maximum absolute atomic E-state index is 19.6. The van der Waals surface area contributed by atoms with Gasteiger partial charge in [0.2, 0.25) is 0 Å². The van der Waals surface area contributed by atoms with Crippen LogP contribution in [0.3, 0.4) is 0 Å². The fourth-order valence-electron chi connectivity index (χ4n) is 5.02. The third-order valence-electron chi connectivity index (χ3n) is 7.54. The van der Waals surface area contributed by atoms with Gasteiger partial charge >= 0.3 is 233 Å². The number of nitrogens with zero attached hydrogens (tertiary/aromatic N) is 4. The van der Waals surface area contributed by atoms with Gasteiger partial charge < -0.3 is 0 Å². The molecule has 0 bridgehead atoms. The van der Waals surface area contributed by atoms with Crippen molar-refractivity contribution in [2.24, 2.45) is 0 Å². The molecular weight excluding hydrogens is 606 g/mol. The molecule has 208 valence electrons. The number of hydrogen-bond acceptors (Lipinski definition) is 4. The molecule has 0 fully saturated rings. The van der Waals surface area contributed by atoms with Crippen molar-refractivity contribution in [3.05, 3.63) is 97.1 Å². The molecule has 39 heavy (non-hydrogen) atoms. The van der Waals surface area contributed by atoms with E-state index in [1.165, 1.54) is 0 Å². The molecule has 0 heterocycles. The van der Waals surface area contributed by atoms with Crippen molar-refractivity contribution >= 4 is 53.8 Å². The normalized spacial score (nSPS) is 13.3. The van der Waals surface area contributed by atoms with Crippen molar-refractivity contribution in [2.45, 2.75) is 0 Å². The van der Waals surface area contributed by atoms with E-state index in [-0.39, 0.29) is 14.4 Å².